The molecule has 7 heteroatoms. The van der Waals surface area contributed by atoms with Gasteiger partial charge in [-0.3, -0.25) is 14.9 Å². The van der Waals surface area contributed by atoms with Gasteiger partial charge in [0, 0.05) is 25.3 Å². The fraction of sp³-hybridized carbons (Fsp3) is 0.417. The molecular weight excluding hydrogens is 272 g/mol. The lowest BCUT2D eigenvalue weighted by molar-refractivity contribution is -0.384. The number of hydrogen-bond acceptors (Lipinski definition) is 4. The van der Waals surface area contributed by atoms with Crippen LogP contribution in [0.3, 0.4) is 0 Å². The smallest absolute Gasteiger partial charge is 0.270 e. The zero-order valence-electron chi connectivity index (χ0n) is 10.1. The first kappa shape index (κ1) is 13.8. The van der Waals surface area contributed by atoms with Crippen LogP contribution in [0.4, 0.5) is 5.69 Å². The maximum Gasteiger partial charge on any atom is 0.270 e. The number of non-ortho nitro benzene ring substituents is 1. The van der Waals surface area contributed by atoms with Crippen molar-refractivity contribution < 1.29 is 14.5 Å². The first-order valence-electron chi connectivity index (χ1n) is 5.91. The van der Waals surface area contributed by atoms with Gasteiger partial charge in [-0.1, -0.05) is 11.6 Å². The van der Waals surface area contributed by atoms with Crippen molar-refractivity contribution in [2.24, 2.45) is 0 Å². The molecule has 0 spiro atoms. The van der Waals surface area contributed by atoms with Gasteiger partial charge in [0.05, 0.1) is 21.6 Å². The van der Waals surface area contributed by atoms with E-state index in [0.29, 0.717) is 6.54 Å². The van der Waals surface area contributed by atoms with E-state index in [9.17, 15) is 14.9 Å². The summed E-state index contributed by atoms with van der Waals surface area (Å²) in [5, 5.41) is 13.3. The second-order valence-electron chi connectivity index (χ2n) is 4.27. The minimum atomic E-state index is -0.556. The summed E-state index contributed by atoms with van der Waals surface area (Å²) in [6.45, 7) is 1.14. The highest BCUT2D eigenvalue weighted by Crippen LogP contribution is 2.22. The minimum absolute atomic E-state index is 0.0424. The van der Waals surface area contributed by atoms with Gasteiger partial charge in [-0.25, -0.2) is 0 Å². The number of amides is 1. The van der Waals surface area contributed by atoms with Gasteiger partial charge in [0.15, 0.2) is 0 Å². The number of benzene rings is 1. The zero-order valence-corrected chi connectivity index (χ0v) is 10.9. The summed E-state index contributed by atoms with van der Waals surface area (Å²) < 4.78 is 5.38. The van der Waals surface area contributed by atoms with Crippen molar-refractivity contribution in [1.82, 2.24) is 5.32 Å². The molecule has 0 bridgehead atoms. The van der Waals surface area contributed by atoms with E-state index in [1.165, 1.54) is 18.2 Å². The number of nitro groups is 1. The predicted molar refractivity (Wildman–Crippen MR) is 69.4 cm³/mol. The average Bonchev–Trinajstić information content (AvgIpc) is 2.88. The second kappa shape index (κ2) is 5.99. The molecule has 1 aromatic rings. The van der Waals surface area contributed by atoms with E-state index in [-0.39, 0.29) is 28.3 Å². The normalized spacial score (nSPS) is 18.3. The molecule has 0 aliphatic carbocycles. The molecule has 1 aromatic carbocycles. The van der Waals surface area contributed by atoms with Crippen LogP contribution >= 0.6 is 11.6 Å². The van der Waals surface area contributed by atoms with Crippen LogP contribution in [0.1, 0.15) is 23.2 Å². The lowest BCUT2D eigenvalue weighted by Crippen LogP contribution is -2.31. The molecule has 1 fully saturated rings. The van der Waals surface area contributed by atoms with Crippen LogP contribution in [0.5, 0.6) is 0 Å². The number of ether oxygens (including phenoxy) is 1. The van der Waals surface area contributed by atoms with Gasteiger partial charge in [0.25, 0.3) is 11.6 Å². The molecule has 2 rings (SSSR count). The summed E-state index contributed by atoms with van der Waals surface area (Å²) in [4.78, 5) is 21.9. The quantitative estimate of drug-likeness (QED) is 0.678. The summed E-state index contributed by atoms with van der Waals surface area (Å²) >= 11 is 5.87. The number of nitrogens with one attached hydrogen (secondary N) is 1. The number of rotatable bonds is 4. The fourth-order valence-corrected chi connectivity index (χ4v) is 2.17. The van der Waals surface area contributed by atoms with E-state index < -0.39 is 4.92 Å². The van der Waals surface area contributed by atoms with Crippen LogP contribution in [0.15, 0.2) is 18.2 Å². The molecule has 19 heavy (non-hydrogen) atoms. The van der Waals surface area contributed by atoms with E-state index in [1.54, 1.807) is 0 Å². The zero-order chi connectivity index (χ0) is 13.8. The Hall–Kier alpha value is -1.66. The lowest BCUT2D eigenvalue weighted by atomic mass is 10.2. The molecule has 1 amide bonds. The van der Waals surface area contributed by atoms with Gasteiger partial charge in [-0.2, -0.15) is 0 Å². The number of carbonyl (C=O) groups excluding carboxylic acids is 1. The largest absolute Gasteiger partial charge is 0.376 e. The first-order chi connectivity index (χ1) is 9.08. The van der Waals surface area contributed by atoms with E-state index in [2.05, 4.69) is 5.32 Å². The molecule has 1 aliphatic rings. The highest BCUT2D eigenvalue weighted by molar-refractivity contribution is 6.34. The Bertz CT molecular complexity index is 501. The Morgan fingerprint density at radius 2 is 2.37 bits per heavy atom. The van der Waals surface area contributed by atoms with Crippen molar-refractivity contribution >= 4 is 23.2 Å². The minimum Gasteiger partial charge on any atom is -0.376 e. The monoisotopic (exact) mass is 284 g/mol. The second-order valence-corrected chi connectivity index (χ2v) is 4.67. The highest BCUT2D eigenvalue weighted by Gasteiger charge is 2.18. The van der Waals surface area contributed by atoms with Crippen molar-refractivity contribution in [3.63, 3.8) is 0 Å². The fourth-order valence-electron chi connectivity index (χ4n) is 1.91. The van der Waals surface area contributed by atoms with Crippen molar-refractivity contribution in [2.75, 3.05) is 13.2 Å². The SMILES string of the molecule is O=C(NC[C@@H]1CCCO1)c1ccc([N+](=O)[O-])cc1Cl. The molecule has 0 radical (unpaired) electrons. The third kappa shape index (κ3) is 3.42. The highest BCUT2D eigenvalue weighted by atomic mass is 35.5. The molecule has 102 valence electrons. The van der Waals surface area contributed by atoms with Crippen molar-refractivity contribution in [1.29, 1.82) is 0 Å². The van der Waals surface area contributed by atoms with Gasteiger partial charge in [-0.15, -0.1) is 0 Å². The summed E-state index contributed by atoms with van der Waals surface area (Å²) in [6.07, 6.45) is 1.97. The Labute approximate surface area is 114 Å². The third-order valence-corrected chi connectivity index (χ3v) is 3.24. The summed E-state index contributed by atoms with van der Waals surface area (Å²) in [6, 6.07) is 3.78. The van der Waals surface area contributed by atoms with Crippen LogP contribution in [-0.4, -0.2) is 30.1 Å². The first-order valence-corrected chi connectivity index (χ1v) is 6.29. The number of halogens is 1. The number of hydrogen-bond donors (Lipinski definition) is 1. The summed E-state index contributed by atoms with van der Waals surface area (Å²) in [7, 11) is 0. The summed E-state index contributed by atoms with van der Waals surface area (Å²) in [5.74, 6) is -0.351. The molecule has 1 saturated heterocycles. The van der Waals surface area contributed by atoms with Crippen LogP contribution in [0.25, 0.3) is 0 Å². The molecule has 1 N–H and O–H groups in total. The van der Waals surface area contributed by atoms with Crippen molar-refractivity contribution in [3.05, 3.63) is 38.9 Å². The molecule has 1 heterocycles. The molecule has 0 saturated carbocycles. The Kier molecular flexibility index (Phi) is 4.34. The van der Waals surface area contributed by atoms with E-state index in [1.807, 2.05) is 0 Å². The summed E-state index contributed by atoms with van der Waals surface area (Å²) in [5.41, 5.74) is 0.0888. The van der Waals surface area contributed by atoms with Gasteiger partial charge in [0.2, 0.25) is 0 Å². The Morgan fingerprint density at radius 3 is 2.95 bits per heavy atom. The van der Waals surface area contributed by atoms with Gasteiger partial charge in [-0.05, 0) is 18.9 Å². The van der Waals surface area contributed by atoms with E-state index in [0.717, 1.165) is 19.4 Å². The van der Waals surface area contributed by atoms with Gasteiger partial charge >= 0.3 is 0 Å². The molecular formula is C12H13ClN2O4. The predicted octanol–water partition coefficient (Wildman–Crippen LogP) is 2.16. The molecule has 0 aromatic heterocycles. The van der Waals surface area contributed by atoms with Crippen LogP contribution in [0, 0.1) is 10.1 Å². The topological polar surface area (TPSA) is 81.5 Å². The van der Waals surface area contributed by atoms with Gasteiger partial charge < -0.3 is 10.1 Å². The van der Waals surface area contributed by atoms with Crippen molar-refractivity contribution in [2.45, 2.75) is 18.9 Å². The van der Waals surface area contributed by atoms with Crippen LogP contribution in [0.2, 0.25) is 5.02 Å². The van der Waals surface area contributed by atoms with Gasteiger partial charge in [0.1, 0.15) is 0 Å². The standard InChI is InChI=1S/C12H13ClN2O4/c13-11-6-8(15(17)18)3-4-10(11)12(16)14-7-9-2-1-5-19-9/h3-4,6,9H,1-2,5,7H2,(H,14,16)/t9-/m0/s1. The lowest BCUT2D eigenvalue weighted by Gasteiger charge is -2.11. The van der Waals surface area contributed by atoms with Crippen LogP contribution in [-0.2, 0) is 4.74 Å². The Balaban J connectivity index is 2.00. The van der Waals surface area contributed by atoms with E-state index >= 15 is 0 Å². The van der Waals surface area contributed by atoms with Crippen LogP contribution < -0.4 is 5.32 Å². The maximum absolute atomic E-state index is 11.9. The Morgan fingerprint density at radius 1 is 1.58 bits per heavy atom. The number of nitro benzene ring substituents is 1. The maximum atomic E-state index is 11.9. The van der Waals surface area contributed by atoms with Crippen molar-refractivity contribution in [3.8, 4) is 0 Å². The number of nitrogens with zero attached hydrogens (tertiary/aromatic N) is 1. The van der Waals surface area contributed by atoms with E-state index in [4.69, 9.17) is 16.3 Å². The molecule has 1 aliphatic heterocycles. The third-order valence-electron chi connectivity index (χ3n) is 2.92. The molecule has 0 unspecified atom stereocenters. The average molecular weight is 285 g/mol. The molecule has 1 atom stereocenters. The number of carbonyl (C=O) groups is 1. The molecule has 6 nitrogen and oxygen atoms in total.